The van der Waals surface area contributed by atoms with E-state index in [1.807, 2.05) is 18.2 Å². The quantitative estimate of drug-likeness (QED) is 0.723. The van der Waals surface area contributed by atoms with Gasteiger partial charge in [0.25, 0.3) is 0 Å². The summed E-state index contributed by atoms with van der Waals surface area (Å²) in [5.41, 5.74) is 0.809. The van der Waals surface area contributed by atoms with E-state index in [0.717, 1.165) is 5.56 Å². The van der Waals surface area contributed by atoms with Crippen LogP contribution < -0.4 is 5.32 Å². The average Bonchev–Trinajstić information content (AvgIpc) is 2.75. The van der Waals surface area contributed by atoms with Crippen LogP contribution in [0.25, 0.3) is 0 Å². The van der Waals surface area contributed by atoms with Crippen molar-refractivity contribution in [3.05, 3.63) is 35.9 Å². The van der Waals surface area contributed by atoms with Gasteiger partial charge >= 0.3 is 11.9 Å². The molecule has 1 heterocycles. The molecule has 0 unspecified atom stereocenters. The second kappa shape index (κ2) is 4.55. The minimum Gasteiger partial charge on any atom is -0.481 e. The third-order valence-electron chi connectivity index (χ3n) is 3.05. The number of rotatable bonds is 3. The summed E-state index contributed by atoms with van der Waals surface area (Å²) < 4.78 is 0. The molecule has 5 nitrogen and oxygen atoms in total. The Morgan fingerprint density at radius 1 is 1.12 bits per heavy atom. The van der Waals surface area contributed by atoms with E-state index in [1.54, 1.807) is 12.1 Å². The smallest absolute Gasteiger partial charge is 0.320 e. The molecule has 5 heteroatoms. The zero-order valence-electron chi connectivity index (χ0n) is 9.04. The van der Waals surface area contributed by atoms with Gasteiger partial charge < -0.3 is 10.2 Å². The van der Waals surface area contributed by atoms with Gasteiger partial charge in [-0.1, -0.05) is 30.3 Å². The third kappa shape index (κ3) is 2.29. The Kier molecular flexibility index (Phi) is 3.10. The summed E-state index contributed by atoms with van der Waals surface area (Å²) in [7, 11) is 0. The van der Waals surface area contributed by atoms with Crippen molar-refractivity contribution in [1.29, 1.82) is 0 Å². The SMILES string of the molecule is O=C(O)[C@@H]1C[C@H](C(=O)O)[C@@H](c2ccccc2)N1. The van der Waals surface area contributed by atoms with Crippen molar-refractivity contribution in [2.75, 3.05) is 0 Å². The molecule has 0 aromatic heterocycles. The Hall–Kier alpha value is -1.88. The van der Waals surface area contributed by atoms with Crippen LogP contribution in [-0.4, -0.2) is 28.2 Å². The molecule has 1 aromatic carbocycles. The largest absolute Gasteiger partial charge is 0.481 e. The highest BCUT2D eigenvalue weighted by Gasteiger charge is 2.41. The Morgan fingerprint density at radius 2 is 1.76 bits per heavy atom. The molecule has 0 amide bonds. The zero-order valence-corrected chi connectivity index (χ0v) is 9.04. The normalized spacial score (nSPS) is 27.9. The van der Waals surface area contributed by atoms with Gasteiger partial charge in [0.05, 0.1) is 5.92 Å². The van der Waals surface area contributed by atoms with Crippen LogP contribution in [0, 0.1) is 5.92 Å². The van der Waals surface area contributed by atoms with Crippen LogP contribution >= 0.6 is 0 Å². The van der Waals surface area contributed by atoms with Crippen LogP contribution in [-0.2, 0) is 9.59 Å². The summed E-state index contributed by atoms with van der Waals surface area (Å²) in [6.45, 7) is 0. The summed E-state index contributed by atoms with van der Waals surface area (Å²) in [6.07, 6.45) is 0.115. The van der Waals surface area contributed by atoms with Gasteiger partial charge in [0.15, 0.2) is 0 Å². The fraction of sp³-hybridized carbons (Fsp3) is 0.333. The van der Waals surface area contributed by atoms with Crippen LogP contribution in [0.15, 0.2) is 30.3 Å². The summed E-state index contributed by atoms with van der Waals surface area (Å²) in [5, 5.41) is 20.9. The summed E-state index contributed by atoms with van der Waals surface area (Å²) >= 11 is 0. The van der Waals surface area contributed by atoms with E-state index in [9.17, 15) is 9.59 Å². The lowest BCUT2D eigenvalue weighted by Gasteiger charge is -2.16. The van der Waals surface area contributed by atoms with Crippen LogP contribution in [0.3, 0.4) is 0 Å². The van der Waals surface area contributed by atoms with Crippen LogP contribution in [0.4, 0.5) is 0 Å². The number of benzene rings is 1. The lowest BCUT2D eigenvalue weighted by atomic mass is 9.94. The van der Waals surface area contributed by atoms with Crippen molar-refractivity contribution in [2.24, 2.45) is 5.92 Å². The van der Waals surface area contributed by atoms with Crippen LogP contribution in [0.2, 0.25) is 0 Å². The summed E-state index contributed by atoms with van der Waals surface area (Å²) in [4.78, 5) is 22.0. The number of hydrogen-bond donors (Lipinski definition) is 3. The molecule has 90 valence electrons. The molecule has 0 aliphatic carbocycles. The van der Waals surface area contributed by atoms with Gasteiger partial charge in [-0.2, -0.15) is 0 Å². The summed E-state index contributed by atoms with van der Waals surface area (Å²) in [5.74, 6) is -2.66. The maximum Gasteiger partial charge on any atom is 0.320 e. The third-order valence-corrected chi connectivity index (χ3v) is 3.05. The standard InChI is InChI=1S/C12H13NO4/c14-11(15)8-6-9(12(16)17)13-10(8)7-4-2-1-3-5-7/h1-5,8-10,13H,6H2,(H,14,15)(H,16,17)/t8-,9-,10+/m0/s1. The topological polar surface area (TPSA) is 86.6 Å². The number of aliphatic carboxylic acids is 2. The average molecular weight is 235 g/mol. The predicted molar refractivity (Wildman–Crippen MR) is 59.5 cm³/mol. The molecule has 1 aliphatic heterocycles. The van der Waals surface area contributed by atoms with Crippen molar-refractivity contribution in [2.45, 2.75) is 18.5 Å². The van der Waals surface area contributed by atoms with Crippen molar-refractivity contribution in [3.8, 4) is 0 Å². The molecule has 1 saturated heterocycles. The van der Waals surface area contributed by atoms with Gasteiger partial charge in [0, 0.05) is 6.04 Å². The molecule has 0 spiro atoms. The summed E-state index contributed by atoms with van der Waals surface area (Å²) in [6, 6.07) is 7.84. The van der Waals surface area contributed by atoms with E-state index in [2.05, 4.69) is 5.32 Å². The Labute approximate surface area is 98.1 Å². The number of carboxylic acid groups (broad SMARTS) is 2. The lowest BCUT2D eigenvalue weighted by molar-refractivity contribution is -0.142. The van der Waals surface area contributed by atoms with Crippen LogP contribution in [0.5, 0.6) is 0 Å². The van der Waals surface area contributed by atoms with Gasteiger partial charge in [-0.3, -0.25) is 14.9 Å². The maximum atomic E-state index is 11.1. The highest BCUT2D eigenvalue weighted by molar-refractivity contribution is 5.78. The van der Waals surface area contributed by atoms with E-state index in [1.165, 1.54) is 0 Å². The number of nitrogens with one attached hydrogen (secondary N) is 1. The first kappa shape index (κ1) is 11.6. The van der Waals surface area contributed by atoms with Crippen molar-refractivity contribution >= 4 is 11.9 Å². The highest BCUT2D eigenvalue weighted by atomic mass is 16.4. The van der Waals surface area contributed by atoms with Crippen molar-refractivity contribution in [3.63, 3.8) is 0 Å². The van der Waals surface area contributed by atoms with E-state index < -0.39 is 29.9 Å². The van der Waals surface area contributed by atoms with E-state index in [-0.39, 0.29) is 6.42 Å². The van der Waals surface area contributed by atoms with Crippen molar-refractivity contribution < 1.29 is 19.8 Å². The molecule has 1 fully saturated rings. The predicted octanol–water partition coefficient (Wildman–Crippen LogP) is 0.875. The number of carbonyl (C=O) groups is 2. The molecule has 3 atom stereocenters. The van der Waals surface area contributed by atoms with E-state index in [0.29, 0.717) is 0 Å². The molecule has 3 N–H and O–H groups in total. The Balaban J connectivity index is 2.26. The highest BCUT2D eigenvalue weighted by Crippen LogP contribution is 2.32. The van der Waals surface area contributed by atoms with Gasteiger partial charge in [-0.15, -0.1) is 0 Å². The molecule has 2 rings (SSSR count). The molecule has 0 bridgehead atoms. The Morgan fingerprint density at radius 3 is 2.29 bits per heavy atom. The molecular weight excluding hydrogens is 222 g/mol. The molecular formula is C12H13NO4. The molecule has 0 radical (unpaired) electrons. The number of carboxylic acids is 2. The first-order valence-electron chi connectivity index (χ1n) is 5.36. The minimum atomic E-state index is -1.00. The van der Waals surface area contributed by atoms with Gasteiger partial charge in [-0.25, -0.2) is 0 Å². The van der Waals surface area contributed by atoms with Crippen molar-refractivity contribution in [1.82, 2.24) is 5.32 Å². The maximum absolute atomic E-state index is 11.1. The van der Waals surface area contributed by atoms with Gasteiger partial charge in [0.1, 0.15) is 6.04 Å². The fourth-order valence-corrected chi connectivity index (χ4v) is 2.20. The molecule has 1 aromatic rings. The monoisotopic (exact) mass is 235 g/mol. The van der Waals surface area contributed by atoms with E-state index >= 15 is 0 Å². The van der Waals surface area contributed by atoms with Gasteiger partial charge in [-0.05, 0) is 12.0 Å². The Bertz CT molecular complexity index is 431. The van der Waals surface area contributed by atoms with Gasteiger partial charge in [0.2, 0.25) is 0 Å². The first-order valence-corrected chi connectivity index (χ1v) is 5.36. The molecule has 0 saturated carbocycles. The molecule has 1 aliphatic rings. The second-order valence-corrected chi connectivity index (χ2v) is 4.13. The second-order valence-electron chi connectivity index (χ2n) is 4.13. The first-order chi connectivity index (χ1) is 8.09. The minimum absolute atomic E-state index is 0.115. The lowest BCUT2D eigenvalue weighted by Crippen LogP contribution is -2.32. The molecule has 17 heavy (non-hydrogen) atoms. The fourth-order valence-electron chi connectivity index (χ4n) is 2.20. The van der Waals surface area contributed by atoms with Crippen LogP contribution in [0.1, 0.15) is 18.0 Å². The zero-order chi connectivity index (χ0) is 12.4. The number of hydrogen-bond acceptors (Lipinski definition) is 3. The van der Waals surface area contributed by atoms with E-state index in [4.69, 9.17) is 10.2 Å².